The van der Waals surface area contributed by atoms with Crippen molar-refractivity contribution in [3.8, 4) is 22.8 Å². The fourth-order valence-electron chi connectivity index (χ4n) is 8.25. The summed E-state index contributed by atoms with van der Waals surface area (Å²) in [5.74, 6) is -0.540. The highest BCUT2D eigenvalue weighted by Gasteiger charge is 2.62. The number of carbonyl (C=O) groups is 4. The third kappa shape index (κ3) is 8.15. The molecule has 4 amide bonds. The van der Waals surface area contributed by atoms with Crippen LogP contribution >= 0.6 is 0 Å². The number of nitrogens with one attached hydrogen (secondary N) is 3. The van der Waals surface area contributed by atoms with Gasteiger partial charge in [-0.05, 0) is 68.9 Å². The zero-order chi connectivity index (χ0) is 38.3. The molecule has 5 atom stereocenters. The minimum absolute atomic E-state index is 0.0608. The van der Waals surface area contributed by atoms with Crippen molar-refractivity contribution in [2.24, 2.45) is 11.8 Å². The quantitative estimate of drug-likeness (QED) is 0.271. The monoisotopic (exact) mass is 771 g/mol. The second-order valence-corrected chi connectivity index (χ2v) is 18.0. The van der Waals surface area contributed by atoms with Crippen LogP contribution in [0.1, 0.15) is 83.5 Å². The van der Waals surface area contributed by atoms with E-state index in [2.05, 4.69) is 15.4 Å². The molecule has 13 nitrogen and oxygen atoms in total. The van der Waals surface area contributed by atoms with Crippen molar-refractivity contribution in [1.82, 2.24) is 25.2 Å². The minimum atomic E-state index is -3.85. The van der Waals surface area contributed by atoms with Crippen molar-refractivity contribution in [2.75, 3.05) is 13.7 Å². The highest BCUT2D eigenvalue weighted by Crippen LogP contribution is 2.48. The molecule has 5 fully saturated rings. The molecule has 1 unspecified atom stereocenters. The fraction of sp³-hybridized carbons (Fsp3) is 0.537. The van der Waals surface area contributed by atoms with Crippen molar-refractivity contribution in [3.63, 3.8) is 0 Å². The van der Waals surface area contributed by atoms with Crippen LogP contribution in [-0.4, -0.2) is 84.6 Å². The summed E-state index contributed by atoms with van der Waals surface area (Å²) in [7, 11) is -2.27. The molecule has 5 aliphatic rings. The number of pyridine rings is 1. The summed E-state index contributed by atoms with van der Waals surface area (Å²) in [6.07, 6.45) is 7.43. The number of benzene rings is 2. The van der Waals surface area contributed by atoms with E-state index in [9.17, 15) is 27.6 Å². The van der Waals surface area contributed by atoms with E-state index in [-0.39, 0.29) is 30.7 Å². The van der Waals surface area contributed by atoms with Crippen LogP contribution in [0.25, 0.3) is 22.2 Å². The number of amides is 4. The number of hydrogen-bond donors (Lipinski definition) is 3. The summed E-state index contributed by atoms with van der Waals surface area (Å²) in [4.78, 5) is 62.3. The number of fused-ring (bicyclic) bond motifs is 3. The maximum Gasteiger partial charge on any atom is 0.259 e. The predicted molar refractivity (Wildman–Crippen MR) is 204 cm³/mol. The van der Waals surface area contributed by atoms with Crippen LogP contribution in [0.15, 0.2) is 54.6 Å². The van der Waals surface area contributed by atoms with Gasteiger partial charge in [0.15, 0.2) is 0 Å². The zero-order valence-corrected chi connectivity index (χ0v) is 31.9. The average molecular weight is 772 g/mol. The molecule has 0 radical (unpaired) electrons. The van der Waals surface area contributed by atoms with Gasteiger partial charge in [-0.2, -0.15) is 0 Å². The fourth-order valence-corrected chi connectivity index (χ4v) is 9.61. The van der Waals surface area contributed by atoms with Crippen LogP contribution in [0.5, 0.6) is 11.5 Å². The molecule has 3 N–H and O–H groups in total. The van der Waals surface area contributed by atoms with E-state index in [1.807, 2.05) is 54.6 Å². The molecule has 8 rings (SSSR count). The number of methoxy groups -OCH3 is 1. The number of carbonyl (C=O) groups excluding carboxylic acids is 4. The van der Waals surface area contributed by atoms with E-state index in [0.29, 0.717) is 73.6 Å². The SMILES string of the molecule is COc1ccc2c(O[C@@H]3C[C@H]4C(=O)N[C@]5(C(=O)NS(=O)(=O)C6CC6)CC5CCCCCC[C@H](NC(=O)CC5CC5)C(=O)N4C3)cc(-c3ccccc3)nc2c1. The van der Waals surface area contributed by atoms with Crippen molar-refractivity contribution >= 4 is 44.6 Å². The molecule has 2 aliphatic heterocycles. The highest BCUT2D eigenvalue weighted by molar-refractivity contribution is 7.91. The first kappa shape index (κ1) is 37.2. The second-order valence-electron chi connectivity index (χ2n) is 16.0. The van der Waals surface area contributed by atoms with E-state index in [1.54, 1.807) is 7.11 Å². The Labute approximate surface area is 321 Å². The average Bonchev–Trinajstić information content (AvgIpc) is 4.09. The van der Waals surface area contributed by atoms with Gasteiger partial charge in [0.1, 0.15) is 35.2 Å². The molecule has 3 aromatic rings. The van der Waals surface area contributed by atoms with Crippen molar-refractivity contribution in [3.05, 3.63) is 54.6 Å². The molecule has 292 valence electrons. The Morgan fingerprint density at radius 3 is 2.45 bits per heavy atom. The summed E-state index contributed by atoms with van der Waals surface area (Å²) < 4.78 is 40.2. The maximum absolute atomic E-state index is 14.6. The first-order valence-electron chi connectivity index (χ1n) is 19.7. The number of nitrogens with zero attached hydrogens (tertiary/aromatic N) is 2. The van der Waals surface area contributed by atoms with Gasteiger partial charge < -0.3 is 25.0 Å². The third-order valence-electron chi connectivity index (χ3n) is 11.8. The number of sulfonamides is 1. The topological polar surface area (TPSA) is 173 Å². The van der Waals surface area contributed by atoms with E-state index >= 15 is 0 Å². The minimum Gasteiger partial charge on any atom is -0.497 e. The van der Waals surface area contributed by atoms with E-state index in [4.69, 9.17) is 14.5 Å². The van der Waals surface area contributed by atoms with Gasteiger partial charge in [-0.1, -0.05) is 56.0 Å². The Bertz CT molecular complexity index is 2090. The van der Waals surface area contributed by atoms with Gasteiger partial charge in [0.2, 0.25) is 27.7 Å². The smallest absolute Gasteiger partial charge is 0.259 e. The molecule has 3 saturated carbocycles. The van der Waals surface area contributed by atoms with Crippen LogP contribution in [0.4, 0.5) is 0 Å². The Morgan fingerprint density at radius 1 is 0.964 bits per heavy atom. The summed E-state index contributed by atoms with van der Waals surface area (Å²) in [6.45, 7) is 0.0608. The lowest BCUT2D eigenvalue weighted by Crippen LogP contribution is -2.58. The predicted octanol–water partition coefficient (Wildman–Crippen LogP) is 4.38. The highest BCUT2D eigenvalue weighted by atomic mass is 32.2. The molecule has 55 heavy (non-hydrogen) atoms. The summed E-state index contributed by atoms with van der Waals surface area (Å²) in [5.41, 5.74) is 0.814. The molecule has 3 heterocycles. The van der Waals surface area contributed by atoms with Gasteiger partial charge in [-0.15, -0.1) is 0 Å². The van der Waals surface area contributed by atoms with Crippen LogP contribution in [0.2, 0.25) is 0 Å². The number of hydrogen-bond acceptors (Lipinski definition) is 9. The van der Waals surface area contributed by atoms with E-state index < -0.39 is 50.8 Å². The van der Waals surface area contributed by atoms with Gasteiger partial charge in [-0.25, -0.2) is 13.4 Å². The third-order valence-corrected chi connectivity index (χ3v) is 13.7. The number of rotatable bonds is 10. The van der Waals surface area contributed by atoms with Crippen LogP contribution < -0.4 is 24.8 Å². The van der Waals surface area contributed by atoms with Gasteiger partial charge in [0, 0.05) is 35.9 Å². The van der Waals surface area contributed by atoms with Gasteiger partial charge in [0.05, 0.1) is 30.1 Å². The normalized spacial score (nSPS) is 27.3. The molecular weight excluding hydrogens is 723 g/mol. The van der Waals surface area contributed by atoms with Crippen molar-refractivity contribution in [2.45, 2.75) is 112 Å². The first-order chi connectivity index (χ1) is 26.5. The standard InChI is InChI=1S/C41H49N5O8S/c1-53-28-15-18-31-34(20-28)42-33(26-9-5-4-6-10-26)22-36(31)54-29-21-35-38(48)44-41(40(50)45-55(51,52)30-16-17-30)23-27(41)11-7-2-3-8-12-32(39(49)46(35)24-29)43-37(47)19-25-13-14-25/h4-6,9-10,15,18,20,22,25,27,29-30,32,35H,2-3,7-8,11-14,16-17,19,21,23-24H2,1H3,(H,43,47)(H,44,48)(H,45,50)/t27?,29-,32+,35+,41-/m1/s1. The number of ether oxygens (including phenoxy) is 2. The molecule has 0 bridgehead atoms. The Kier molecular flexibility index (Phi) is 10.2. The molecule has 14 heteroatoms. The molecular formula is C41H49N5O8S. The largest absolute Gasteiger partial charge is 0.497 e. The lowest BCUT2D eigenvalue weighted by molar-refractivity contribution is -0.142. The molecule has 2 saturated heterocycles. The van der Waals surface area contributed by atoms with Crippen LogP contribution in [0.3, 0.4) is 0 Å². The van der Waals surface area contributed by atoms with Crippen LogP contribution in [-0.2, 0) is 29.2 Å². The lowest BCUT2D eigenvalue weighted by atomic mass is 10.0. The van der Waals surface area contributed by atoms with Gasteiger partial charge in [0.25, 0.3) is 5.91 Å². The van der Waals surface area contributed by atoms with Crippen molar-refractivity contribution in [1.29, 1.82) is 0 Å². The summed E-state index contributed by atoms with van der Waals surface area (Å²) >= 11 is 0. The molecule has 1 aromatic heterocycles. The van der Waals surface area contributed by atoms with Gasteiger partial charge in [-0.3, -0.25) is 23.9 Å². The van der Waals surface area contributed by atoms with E-state index in [1.165, 1.54) is 4.90 Å². The second kappa shape index (κ2) is 15.1. The zero-order valence-electron chi connectivity index (χ0n) is 31.1. The summed E-state index contributed by atoms with van der Waals surface area (Å²) in [6, 6.07) is 15.2. The summed E-state index contributed by atoms with van der Waals surface area (Å²) in [5, 5.41) is 6.10. The Hall–Kier alpha value is -4.72. The molecule has 2 aromatic carbocycles. The number of aromatic nitrogens is 1. The Balaban J connectivity index is 1.11. The van der Waals surface area contributed by atoms with Gasteiger partial charge >= 0.3 is 0 Å². The van der Waals surface area contributed by atoms with Crippen molar-refractivity contribution < 1.29 is 37.1 Å². The lowest BCUT2D eigenvalue weighted by Gasteiger charge is -2.30. The van der Waals surface area contributed by atoms with Crippen LogP contribution in [0, 0.1) is 11.8 Å². The maximum atomic E-state index is 14.6. The van der Waals surface area contributed by atoms with E-state index in [0.717, 1.165) is 43.1 Å². The molecule has 3 aliphatic carbocycles. The Morgan fingerprint density at radius 2 is 1.73 bits per heavy atom. The molecule has 0 spiro atoms. The first-order valence-corrected chi connectivity index (χ1v) is 21.3.